The molecule has 2 aromatic carbocycles. The Bertz CT molecular complexity index is 1410. The normalized spacial score (nSPS) is 12.0. The number of benzene rings is 2. The Hall–Kier alpha value is -4.53. The van der Waals surface area contributed by atoms with Crippen molar-refractivity contribution in [2.24, 2.45) is 5.73 Å². The number of halogens is 1. The van der Waals surface area contributed by atoms with Gasteiger partial charge in [0, 0.05) is 24.4 Å². The van der Waals surface area contributed by atoms with Crippen molar-refractivity contribution in [3.63, 3.8) is 0 Å². The summed E-state index contributed by atoms with van der Waals surface area (Å²) in [5.74, 6) is -0.235. The average Bonchev–Trinajstić information content (AvgIpc) is 3.41. The second-order valence-electron chi connectivity index (χ2n) is 7.43. The van der Waals surface area contributed by atoms with Crippen LogP contribution in [-0.2, 0) is 11.2 Å². The minimum Gasteiger partial charge on any atom is -0.432 e. The molecule has 0 spiro atoms. The molecule has 3 heterocycles. The van der Waals surface area contributed by atoms with Crippen molar-refractivity contribution in [2.75, 3.05) is 5.32 Å². The number of imidazole rings is 1. The zero-order valence-electron chi connectivity index (χ0n) is 17.4. The van der Waals surface area contributed by atoms with Gasteiger partial charge in [-0.05, 0) is 35.9 Å². The fourth-order valence-corrected chi connectivity index (χ4v) is 3.63. The number of primary amides is 1. The Balaban J connectivity index is 1.51. The predicted octanol–water partition coefficient (Wildman–Crippen LogP) is 3.70. The van der Waals surface area contributed by atoms with Gasteiger partial charge in [0.1, 0.15) is 29.5 Å². The fourth-order valence-electron chi connectivity index (χ4n) is 3.63. The molecule has 9 heteroatoms. The van der Waals surface area contributed by atoms with E-state index in [9.17, 15) is 9.18 Å². The van der Waals surface area contributed by atoms with Crippen molar-refractivity contribution in [1.29, 1.82) is 0 Å². The molecule has 5 aromatic rings. The van der Waals surface area contributed by atoms with Gasteiger partial charge in [0.2, 0.25) is 11.9 Å². The topological polar surface area (TPSA) is 111 Å². The van der Waals surface area contributed by atoms with Crippen LogP contribution < -0.4 is 11.1 Å². The molecule has 0 aliphatic heterocycles. The summed E-state index contributed by atoms with van der Waals surface area (Å²) in [7, 11) is 0. The lowest BCUT2D eigenvalue weighted by Gasteiger charge is -2.16. The number of nitrogens with two attached hydrogens (primary N) is 1. The van der Waals surface area contributed by atoms with Crippen LogP contribution >= 0.6 is 0 Å². The number of aromatic nitrogens is 4. The number of nitrogens with one attached hydrogen (secondary N) is 1. The van der Waals surface area contributed by atoms with Crippen LogP contribution in [0.3, 0.4) is 0 Å². The van der Waals surface area contributed by atoms with Gasteiger partial charge in [-0.3, -0.25) is 9.20 Å². The van der Waals surface area contributed by atoms with Crippen molar-refractivity contribution in [2.45, 2.75) is 12.5 Å². The van der Waals surface area contributed by atoms with Crippen LogP contribution in [0.1, 0.15) is 5.56 Å². The summed E-state index contributed by atoms with van der Waals surface area (Å²) in [5.41, 5.74) is 9.06. The highest BCUT2D eigenvalue weighted by atomic mass is 19.1. The highest BCUT2D eigenvalue weighted by Crippen LogP contribution is 2.32. The van der Waals surface area contributed by atoms with Crippen LogP contribution in [0.15, 0.2) is 83.7 Å². The van der Waals surface area contributed by atoms with E-state index in [1.165, 1.54) is 18.4 Å². The molecular weight excluding hydrogens is 423 g/mol. The number of carbonyl (C=O) groups excluding carboxylic acids is 1. The molecule has 0 bridgehead atoms. The minimum atomic E-state index is -0.696. The van der Waals surface area contributed by atoms with E-state index in [1.54, 1.807) is 35.0 Å². The Kier molecular flexibility index (Phi) is 5.27. The number of rotatable bonds is 7. The average molecular weight is 442 g/mol. The van der Waals surface area contributed by atoms with E-state index >= 15 is 0 Å². The van der Waals surface area contributed by atoms with Gasteiger partial charge in [-0.2, -0.15) is 4.98 Å². The summed E-state index contributed by atoms with van der Waals surface area (Å²) < 4.78 is 20.7. The fraction of sp³-hybridized carbons (Fsp3) is 0.0833. The maximum atomic E-state index is 13.5. The molecule has 3 aromatic heterocycles. The van der Waals surface area contributed by atoms with Crippen LogP contribution in [0.25, 0.3) is 28.5 Å². The van der Waals surface area contributed by atoms with Crippen molar-refractivity contribution in [3.8, 4) is 22.6 Å². The molecule has 3 N–H and O–H groups in total. The van der Waals surface area contributed by atoms with Crippen LogP contribution in [0.2, 0.25) is 0 Å². The summed E-state index contributed by atoms with van der Waals surface area (Å²) in [5, 5.41) is 3.04. The molecule has 0 aliphatic rings. The monoisotopic (exact) mass is 442 g/mol. The molecule has 0 unspecified atom stereocenters. The maximum Gasteiger partial charge on any atom is 0.306 e. The number of carbonyl (C=O) groups is 1. The Morgan fingerprint density at radius 1 is 1.09 bits per heavy atom. The first-order chi connectivity index (χ1) is 16.1. The van der Waals surface area contributed by atoms with Gasteiger partial charge in [-0.1, -0.05) is 30.3 Å². The second-order valence-corrected chi connectivity index (χ2v) is 7.43. The summed E-state index contributed by atoms with van der Waals surface area (Å²) in [4.78, 5) is 25.5. The summed E-state index contributed by atoms with van der Waals surface area (Å²) in [6, 6.07) is 16.6. The molecule has 0 saturated carbocycles. The number of nitrogens with zero attached hydrogens (tertiary/aromatic N) is 4. The molecule has 5 rings (SSSR count). The molecule has 164 valence electrons. The van der Waals surface area contributed by atoms with Crippen LogP contribution in [-0.4, -0.2) is 31.3 Å². The van der Waals surface area contributed by atoms with Gasteiger partial charge in [0.25, 0.3) is 0 Å². The van der Waals surface area contributed by atoms with Gasteiger partial charge in [-0.25, -0.2) is 14.4 Å². The van der Waals surface area contributed by atoms with Crippen LogP contribution in [0.4, 0.5) is 10.3 Å². The second kappa shape index (κ2) is 8.54. The van der Waals surface area contributed by atoms with Gasteiger partial charge >= 0.3 is 5.84 Å². The highest BCUT2D eigenvalue weighted by Gasteiger charge is 2.21. The quantitative estimate of drug-likeness (QED) is 0.398. The summed E-state index contributed by atoms with van der Waals surface area (Å²) in [6.45, 7) is 0. The number of anilines is 1. The molecular formula is C24H19FN6O2. The van der Waals surface area contributed by atoms with E-state index in [4.69, 9.17) is 10.2 Å². The molecule has 0 radical (unpaired) electrons. The molecule has 1 atom stereocenters. The molecule has 1 amide bonds. The third-order valence-electron chi connectivity index (χ3n) is 5.21. The van der Waals surface area contributed by atoms with Crippen molar-refractivity contribution >= 4 is 17.7 Å². The van der Waals surface area contributed by atoms with Crippen LogP contribution in [0, 0.1) is 5.82 Å². The predicted molar refractivity (Wildman–Crippen MR) is 121 cm³/mol. The van der Waals surface area contributed by atoms with Gasteiger partial charge in [0.05, 0.1) is 5.69 Å². The number of hydrogen-bond donors (Lipinski definition) is 2. The first kappa shape index (κ1) is 20.4. The van der Waals surface area contributed by atoms with Crippen molar-refractivity contribution < 1.29 is 13.6 Å². The largest absolute Gasteiger partial charge is 0.432 e. The lowest BCUT2D eigenvalue weighted by molar-refractivity contribution is -0.118. The standard InChI is InChI=1S/C24H19FN6O2/c25-17-8-6-16(7-9-17)20-21(31-12-13-33-24(31)30-20)18-10-11-27-23(28-18)29-19(22(26)32)14-15-4-2-1-3-5-15/h1-13,19H,14H2,(H2,26,32)(H,27,28,29)/t19-/m0/s1. The first-order valence-electron chi connectivity index (χ1n) is 10.2. The van der Waals surface area contributed by atoms with E-state index in [1.807, 2.05) is 30.3 Å². The zero-order valence-corrected chi connectivity index (χ0v) is 17.4. The molecule has 0 saturated heterocycles. The van der Waals surface area contributed by atoms with E-state index < -0.39 is 11.9 Å². The summed E-state index contributed by atoms with van der Waals surface area (Å²) >= 11 is 0. The zero-order chi connectivity index (χ0) is 22.8. The first-order valence-corrected chi connectivity index (χ1v) is 10.2. The molecule has 33 heavy (non-hydrogen) atoms. The maximum absolute atomic E-state index is 13.5. The lowest BCUT2D eigenvalue weighted by Crippen LogP contribution is -2.37. The number of fused-ring (bicyclic) bond motifs is 1. The Labute approximate surface area is 187 Å². The van der Waals surface area contributed by atoms with Gasteiger partial charge in [0.15, 0.2) is 0 Å². The molecule has 0 fully saturated rings. The van der Waals surface area contributed by atoms with Gasteiger partial charge in [-0.15, -0.1) is 0 Å². The smallest absolute Gasteiger partial charge is 0.306 e. The van der Waals surface area contributed by atoms with Crippen molar-refractivity contribution in [1.82, 2.24) is 19.4 Å². The van der Waals surface area contributed by atoms with Gasteiger partial charge < -0.3 is 15.5 Å². The number of amides is 1. The number of hydrogen-bond acceptors (Lipinski definition) is 6. The Morgan fingerprint density at radius 2 is 1.88 bits per heavy atom. The van der Waals surface area contributed by atoms with E-state index in [0.717, 1.165) is 5.56 Å². The third kappa shape index (κ3) is 4.16. The van der Waals surface area contributed by atoms with E-state index in [-0.39, 0.29) is 11.8 Å². The van der Waals surface area contributed by atoms with E-state index in [2.05, 4.69) is 20.3 Å². The molecule has 0 aliphatic carbocycles. The van der Waals surface area contributed by atoms with E-state index in [0.29, 0.717) is 34.9 Å². The Morgan fingerprint density at radius 3 is 2.64 bits per heavy atom. The summed E-state index contributed by atoms with van der Waals surface area (Å²) in [6.07, 6.45) is 5.22. The highest BCUT2D eigenvalue weighted by molar-refractivity contribution is 5.83. The lowest BCUT2D eigenvalue weighted by atomic mass is 10.1. The number of oxazole rings is 1. The third-order valence-corrected chi connectivity index (χ3v) is 5.21. The molecule has 8 nitrogen and oxygen atoms in total. The van der Waals surface area contributed by atoms with Crippen LogP contribution in [0.5, 0.6) is 0 Å². The SMILES string of the molecule is NC(=O)[C@H](Cc1ccccc1)Nc1nccc(-c2c(-c3ccc(F)cc3)nc3occn23)n1. The van der Waals surface area contributed by atoms with Crippen molar-refractivity contribution in [3.05, 3.63) is 90.7 Å². The minimum absolute atomic E-state index is 0.246.